The normalized spacial score (nSPS) is 21.9. The fraction of sp³-hybridized carbons (Fsp3) is 0.389. The number of aromatic nitrogens is 4. The Bertz CT molecular complexity index is 926. The van der Waals surface area contributed by atoms with Gasteiger partial charge in [-0.05, 0) is 61.8 Å². The third kappa shape index (κ3) is 1.91. The summed E-state index contributed by atoms with van der Waals surface area (Å²) in [6, 6.07) is 7.77. The molecule has 0 saturated heterocycles. The summed E-state index contributed by atoms with van der Waals surface area (Å²) in [5.74, 6) is 2.61. The maximum atomic E-state index is 6.57. The highest BCUT2D eigenvalue weighted by atomic mass is 35.5. The summed E-state index contributed by atoms with van der Waals surface area (Å²) < 4.78 is 7.03. The van der Waals surface area contributed by atoms with Crippen LogP contribution in [0.25, 0.3) is 17.0 Å². The maximum Gasteiger partial charge on any atom is 0.185 e. The fourth-order valence-electron chi connectivity index (χ4n) is 4.30. The third-order valence-electron chi connectivity index (χ3n) is 5.47. The number of fused-ring (bicyclic) bond motifs is 3. The van der Waals surface area contributed by atoms with Gasteiger partial charge in [0.2, 0.25) is 0 Å². The molecule has 3 aliphatic carbocycles. The van der Waals surface area contributed by atoms with Crippen LogP contribution in [0.2, 0.25) is 5.15 Å². The van der Waals surface area contributed by atoms with E-state index in [2.05, 4.69) is 15.3 Å². The van der Waals surface area contributed by atoms with Crippen LogP contribution in [0.3, 0.4) is 0 Å². The van der Waals surface area contributed by atoms with E-state index in [4.69, 9.17) is 16.3 Å². The highest BCUT2D eigenvalue weighted by molar-refractivity contribution is 6.30. The molecule has 0 atom stereocenters. The Morgan fingerprint density at radius 2 is 1.67 bits per heavy atom. The van der Waals surface area contributed by atoms with E-state index >= 15 is 0 Å². The standard InChI is InChI=1S/C18H17ClN4O/c1-24-13-8-6-12(7-9-13)17-20-21-18-15-11-4-2-10(3-5-11)14(15)16(19)22-23(17)18/h6-11H,2-5H2,1H3. The van der Waals surface area contributed by atoms with Gasteiger partial charge in [-0.1, -0.05) is 11.6 Å². The van der Waals surface area contributed by atoms with Crippen LogP contribution in [-0.4, -0.2) is 26.9 Å². The van der Waals surface area contributed by atoms with Gasteiger partial charge in [0.05, 0.1) is 7.11 Å². The van der Waals surface area contributed by atoms with Gasteiger partial charge in [0.15, 0.2) is 16.6 Å². The lowest BCUT2D eigenvalue weighted by Gasteiger charge is -2.38. The molecule has 122 valence electrons. The van der Waals surface area contributed by atoms with Gasteiger partial charge < -0.3 is 4.74 Å². The zero-order chi connectivity index (χ0) is 16.3. The van der Waals surface area contributed by atoms with Crippen molar-refractivity contribution in [3.05, 3.63) is 40.5 Å². The van der Waals surface area contributed by atoms with Crippen molar-refractivity contribution < 1.29 is 4.74 Å². The topological polar surface area (TPSA) is 52.3 Å². The average Bonchev–Trinajstić information content (AvgIpc) is 3.06. The van der Waals surface area contributed by atoms with Crippen molar-refractivity contribution in [2.45, 2.75) is 37.5 Å². The molecule has 2 aromatic heterocycles. The summed E-state index contributed by atoms with van der Waals surface area (Å²) >= 11 is 6.57. The summed E-state index contributed by atoms with van der Waals surface area (Å²) in [7, 11) is 1.66. The van der Waals surface area contributed by atoms with Gasteiger partial charge in [-0.15, -0.1) is 10.2 Å². The largest absolute Gasteiger partial charge is 0.497 e. The second kappa shape index (κ2) is 5.18. The minimum atomic E-state index is 0.538. The van der Waals surface area contributed by atoms with E-state index in [9.17, 15) is 0 Å². The van der Waals surface area contributed by atoms with E-state index in [0.717, 1.165) is 22.8 Å². The highest BCUT2D eigenvalue weighted by Gasteiger charge is 2.38. The van der Waals surface area contributed by atoms with Crippen LogP contribution in [0.5, 0.6) is 5.75 Å². The first-order chi connectivity index (χ1) is 11.8. The molecule has 3 aliphatic rings. The van der Waals surface area contributed by atoms with E-state index in [-0.39, 0.29) is 0 Å². The van der Waals surface area contributed by atoms with Crippen LogP contribution in [0.1, 0.15) is 48.6 Å². The lowest BCUT2D eigenvalue weighted by molar-refractivity contribution is 0.358. The Labute approximate surface area is 144 Å². The second-order valence-electron chi connectivity index (χ2n) is 6.65. The first-order valence-electron chi connectivity index (χ1n) is 8.35. The molecule has 5 nitrogen and oxygen atoms in total. The molecule has 6 rings (SSSR count). The van der Waals surface area contributed by atoms with Crippen LogP contribution in [0.15, 0.2) is 24.3 Å². The summed E-state index contributed by atoms with van der Waals surface area (Å²) in [4.78, 5) is 0. The SMILES string of the molecule is COc1ccc(-c2nnc3c4c(c(Cl)nn23)C2CCC4CC2)cc1. The summed E-state index contributed by atoms with van der Waals surface area (Å²) in [6.07, 6.45) is 4.88. The minimum Gasteiger partial charge on any atom is -0.497 e. The Morgan fingerprint density at radius 1 is 1.00 bits per heavy atom. The van der Waals surface area contributed by atoms with Gasteiger partial charge in [0.1, 0.15) is 5.75 Å². The quantitative estimate of drug-likeness (QED) is 0.701. The highest BCUT2D eigenvalue weighted by Crippen LogP contribution is 2.52. The van der Waals surface area contributed by atoms with E-state index in [1.54, 1.807) is 7.11 Å². The molecule has 0 spiro atoms. The van der Waals surface area contributed by atoms with Crippen molar-refractivity contribution in [1.82, 2.24) is 19.8 Å². The Balaban J connectivity index is 1.73. The molecule has 0 aliphatic heterocycles. The lowest BCUT2D eigenvalue weighted by atomic mass is 9.68. The van der Waals surface area contributed by atoms with Gasteiger partial charge in [-0.2, -0.15) is 9.61 Å². The van der Waals surface area contributed by atoms with Crippen LogP contribution in [0, 0.1) is 0 Å². The van der Waals surface area contributed by atoms with Crippen LogP contribution in [-0.2, 0) is 0 Å². The zero-order valence-corrected chi connectivity index (χ0v) is 14.1. The summed E-state index contributed by atoms with van der Waals surface area (Å²) in [5, 5.41) is 14.1. The molecule has 0 radical (unpaired) electrons. The van der Waals surface area contributed by atoms with Crippen LogP contribution in [0.4, 0.5) is 0 Å². The van der Waals surface area contributed by atoms with Crippen molar-refractivity contribution in [2.24, 2.45) is 0 Å². The second-order valence-corrected chi connectivity index (χ2v) is 7.01. The van der Waals surface area contributed by atoms with Crippen molar-refractivity contribution in [3.63, 3.8) is 0 Å². The Kier molecular flexibility index (Phi) is 3.07. The number of rotatable bonds is 2. The van der Waals surface area contributed by atoms with Crippen LogP contribution < -0.4 is 4.74 Å². The number of ether oxygens (including phenoxy) is 1. The predicted molar refractivity (Wildman–Crippen MR) is 91.7 cm³/mol. The van der Waals surface area contributed by atoms with Gasteiger partial charge in [-0.3, -0.25) is 0 Å². The first kappa shape index (κ1) is 14.2. The van der Waals surface area contributed by atoms with Gasteiger partial charge >= 0.3 is 0 Å². The van der Waals surface area contributed by atoms with Gasteiger partial charge in [0, 0.05) is 16.7 Å². The zero-order valence-electron chi connectivity index (χ0n) is 13.4. The molecule has 1 aromatic carbocycles. The maximum absolute atomic E-state index is 6.57. The van der Waals surface area contributed by atoms with Crippen molar-refractivity contribution >= 4 is 17.2 Å². The van der Waals surface area contributed by atoms with E-state index in [1.807, 2.05) is 28.8 Å². The summed E-state index contributed by atoms with van der Waals surface area (Å²) in [6.45, 7) is 0. The molecular formula is C18H17ClN4O. The molecule has 2 heterocycles. The molecule has 0 N–H and O–H groups in total. The molecule has 0 unspecified atom stereocenters. The van der Waals surface area contributed by atoms with E-state index in [0.29, 0.717) is 17.0 Å². The minimum absolute atomic E-state index is 0.538. The average molecular weight is 341 g/mol. The van der Waals surface area contributed by atoms with Gasteiger partial charge in [-0.25, -0.2) is 0 Å². The van der Waals surface area contributed by atoms with Crippen molar-refractivity contribution in [2.75, 3.05) is 7.11 Å². The lowest BCUT2D eigenvalue weighted by Crippen LogP contribution is -2.24. The van der Waals surface area contributed by atoms with E-state index in [1.165, 1.54) is 36.8 Å². The van der Waals surface area contributed by atoms with Crippen molar-refractivity contribution in [3.8, 4) is 17.1 Å². The molecule has 2 bridgehead atoms. The molecule has 6 heteroatoms. The molecule has 1 fully saturated rings. The van der Waals surface area contributed by atoms with E-state index < -0.39 is 0 Å². The van der Waals surface area contributed by atoms with Crippen molar-refractivity contribution in [1.29, 1.82) is 0 Å². The summed E-state index contributed by atoms with van der Waals surface area (Å²) in [5.41, 5.74) is 4.33. The molecular weight excluding hydrogens is 324 g/mol. The van der Waals surface area contributed by atoms with Gasteiger partial charge in [0.25, 0.3) is 0 Å². The van der Waals surface area contributed by atoms with Crippen LogP contribution >= 0.6 is 11.6 Å². The number of nitrogens with zero attached hydrogens (tertiary/aromatic N) is 4. The Morgan fingerprint density at radius 3 is 2.33 bits per heavy atom. The number of benzene rings is 1. The molecule has 24 heavy (non-hydrogen) atoms. The number of halogens is 1. The number of hydrogen-bond acceptors (Lipinski definition) is 4. The molecule has 3 aromatic rings. The Hall–Kier alpha value is -2.14. The third-order valence-corrected chi connectivity index (χ3v) is 5.75. The molecule has 0 amide bonds. The smallest absolute Gasteiger partial charge is 0.185 e. The molecule has 1 saturated carbocycles. The fourth-order valence-corrected chi connectivity index (χ4v) is 4.63. The number of methoxy groups -OCH3 is 1. The first-order valence-corrected chi connectivity index (χ1v) is 8.73. The number of hydrogen-bond donors (Lipinski definition) is 0. The monoisotopic (exact) mass is 340 g/mol. The predicted octanol–water partition coefficient (Wildman–Crippen LogP) is 4.21.